The number of hydrogen-bond acceptors (Lipinski definition) is 4. The normalized spacial score (nSPS) is 17.0. The van der Waals surface area contributed by atoms with Gasteiger partial charge in [-0.2, -0.15) is 0 Å². The van der Waals surface area contributed by atoms with Crippen LogP contribution in [0.5, 0.6) is 0 Å². The minimum Gasteiger partial charge on any atom is -0.469 e. The number of amides is 2. The second-order valence-electron chi connectivity index (χ2n) is 5.82. The van der Waals surface area contributed by atoms with Crippen molar-refractivity contribution in [1.29, 1.82) is 0 Å². The van der Waals surface area contributed by atoms with Crippen LogP contribution in [0.1, 0.15) is 19.3 Å². The summed E-state index contributed by atoms with van der Waals surface area (Å²) in [6.45, 7) is 0.859. The largest absolute Gasteiger partial charge is 0.469 e. The van der Waals surface area contributed by atoms with Crippen molar-refractivity contribution in [3.8, 4) is 0 Å². The van der Waals surface area contributed by atoms with Crippen molar-refractivity contribution in [2.75, 3.05) is 32.1 Å². The predicted octanol–water partition coefficient (Wildman–Crippen LogP) is 2.21. The summed E-state index contributed by atoms with van der Waals surface area (Å²) in [6.07, 6.45) is 1.05. The molecule has 1 aromatic rings. The molecular weight excluding hydrogens is 376 g/mol. The third-order valence-electron chi connectivity index (χ3n) is 4.09. The first-order valence-corrected chi connectivity index (χ1v) is 8.59. The number of anilines is 1. The summed E-state index contributed by atoms with van der Waals surface area (Å²) in [4.78, 5) is 39.1. The van der Waals surface area contributed by atoms with Crippen molar-refractivity contribution < 1.29 is 19.1 Å². The van der Waals surface area contributed by atoms with E-state index >= 15 is 0 Å². The molecule has 1 aliphatic heterocycles. The molecule has 0 bridgehead atoms. The molecule has 1 fully saturated rings. The molecule has 0 aliphatic carbocycles. The van der Waals surface area contributed by atoms with Crippen molar-refractivity contribution >= 4 is 39.4 Å². The number of methoxy groups -OCH3 is 1. The van der Waals surface area contributed by atoms with Gasteiger partial charge in [0.25, 0.3) is 0 Å². The lowest BCUT2D eigenvalue weighted by atomic mass is 10.1. The van der Waals surface area contributed by atoms with Crippen LogP contribution < -0.4 is 4.90 Å². The molecule has 130 valence electrons. The number of hydrogen-bond donors (Lipinski definition) is 0. The molecule has 0 saturated carbocycles. The number of esters is 1. The molecular formula is C17H21BrN2O4. The molecule has 1 saturated heterocycles. The number of benzene rings is 1. The van der Waals surface area contributed by atoms with Gasteiger partial charge in [0.2, 0.25) is 11.8 Å². The number of carbonyl (C=O) groups is 3. The predicted molar refractivity (Wildman–Crippen MR) is 93.5 cm³/mol. The summed E-state index contributed by atoms with van der Waals surface area (Å²) in [6, 6.07) is 7.46. The number of carbonyl (C=O) groups excluding carboxylic acids is 3. The Balaban J connectivity index is 1.90. The fraction of sp³-hybridized carbons (Fsp3) is 0.471. The van der Waals surface area contributed by atoms with E-state index in [0.717, 1.165) is 10.2 Å². The van der Waals surface area contributed by atoms with E-state index in [-0.39, 0.29) is 36.5 Å². The summed E-state index contributed by atoms with van der Waals surface area (Å²) in [5.74, 6) is -0.732. The van der Waals surface area contributed by atoms with E-state index in [1.54, 1.807) is 16.8 Å². The Morgan fingerprint density at radius 2 is 2.00 bits per heavy atom. The average molecular weight is 397 g/mol. The molecule has 2 amide bonds. The second-order valence-corrected chi connectivity index (χ2v) is 6.74. The van der Waals surface area contributed by atoms with Gasteiger partial charge < -0.3 is 14.5 Å². The Kier molecular flexibility index (Phi) is 6.36. The molecule has 1 aliphatic rings. The van der Waals surface area contributed by atoms with Gasteiger partial charge in [-0.1, -0.05) is 15.9 Å². The molecule has 1 aromatic carbocycles. The van der Waals surface area contributed by atoms with Gasteiger partial charge in [-0.05, 0) is 30.7 Å². The summed E-state index contributed by atoms with van der Waals surface area (Å²) in [5.41, 5.74) is 0.798. The zero-order chi connectivity index (χ0) is 17.7. The van der Waals surface area contributed by atoms with Gasteiger partial charge in [-0.25, -0.2) is 0 Å². The molecule has 1 atom stereocenters. The minimum atomic E-state index is -0.343. The number of nitrogens with zero attached hydrogens (tertiary/aromatic N) is 2. The van der Waals surface area contributed by atoms with Crippen LogP contribution in [0.3, 0.4) is 0 Å². The molecule has 1 unspecified atom stereocenters. The highest BCUT2D eigenvalue weighted by molar-refractivity contribution is 9.10. The van der Waals surface area contributed by atoms with Gasteiger partial charge >= 0.3 is 5.97 Å². The fourth-order valence-corrected chi connectivity index (χ4v) is 2.99. The van der Waals surface area contributed by atoms with E-state index in [4.69, 9.17) is 0 Å². The Morgan fingerprint density at radius 3 is 2.62 bits per heavy atom. The lowest BCUT2D eigenvalue weighted by Gasteiger charge is -2.21. The zero-order valence-electron chi connectivity index (χ0n) is 13.8. The van der Waals surface area contributed by atoms with Crippen LogP contribution in [-0.2, 0) is 19.1 Å². The first kappa shape index (κ1) is 18.4. The Morgan fingerprint density at radius 1 is 1.33 bits per heavy atom. The smallest absolute Gasteiger partial charge is 0.305 e. The number of halogens is 1. The molecule has 0 spiro atoms. The molecule has 0 aromatic heterocycles. The molecule has 6 nitrogen and oxygen atoms in total. The molecule has 24 heavy (non-hydrogen) atoms. The topological polar surface area (TPSA) is 66.9 Å². The van der Waals surface area contributed by atoms with E-state index in [1.165, 1.54) is 7.11 Å². The van der Waals surface area contributed by atoms with Crippen molar-refractivity contribution in [3.63, 3.8) is 0 Å². The first-order valence-electron chi connectivity index (χ1n) is 7.80. The summed E-state index contributed by atoms with van der Waals surface area (Å²) >= 11 is 3.37. The van der Waals surface area contributed by atoms with Crippen LogP contribution in [0, 0.1) is 5.92 Å². The maximum atomic E-state index is 12.5. The Bertz CT molecular complexity index is 618. The van der Waals surface area contributed by atoms with Gasteiger partial charge in [0.15, 0.2) is 0 Å². The van der Waals surface area contributed by atoms with E-state index in [9.17, 15) is 14.4 Å². The van der Waals surface area contributed by atoms with Crippen LogP contribution in [0.2, 0.25) is 0 Å². The minimum absolute atomic E-state index is 0.0429. The Labute approximate surface area is 149 Å². The highest BCUT2D eigenvalue weighted by Gasteiger charge is 2.36. The van der Waals surface area contributed by atoms with Crippen LogP contribution in [0.25, 0.3) is 0 Å². The molecule has 2 rings (SSSR count). The van der Waals surface area contributed by atoms with Crippen molar-refractivity contribution in [1.82, 2.24) is 4.90 Å². The maximum Gasteiger partial charge on any atom is 0.305 e. The highest BCUT2D eigenvalue weighted by Crippen LogP contribution is 2.27. The van der Waals surface area contributed by atoms with Crippen LogP contribution in [-0.4, -0.2) is 49.9 Å². The van der Waals surface area contributed by atoms with Crippen LogP contribution in [0.15, 0.2) is 28.7 Å². The summed E-state index contributed by atoms with van der Waals surface area (Å²) < 4.78 is 5.52. The monoisotopic (exact) mass is 396 g/mol. The third-order valence-corrected chi connectivity index (χ3v) is 4.62. The number of ether oxygens (including phenoxy) is 1. The van der Waals surface area contributed by atoms with E-state index in [2.05, 4.69) is 20.7 Å². The third kappa shape index (κ3) is 4.56. The zero-order valence-corrected chi connectivity index (χ0v) is 15.4. The summed E-state index contributed by atoms with van der Waals surface area (Å²) in [5, 5.41) is 0. The maximum absolute atomic E-state index is 12.5. The highest BCUT2D eigenvalue weighted by atomic mass is 79.9. The quantitative estimate of drug-likeness (QED) is 0.691. The van der Waals surface area contributed by atoms with E-state index < -0.39 is 0 Å². The molecule has 7 heteroatoms. The van der Waals surface area contributed by atoms with Gasteiger partial charge in [0, 0.05) is 43.1 Å². The lowest BCUT2D eigenvalue weighted by Crippen LogP contribution is -2.35. The summed E-state index contributed by atoms with van der Waals surface area (Å²) in [7, 11) is 3.05. The van der Waals surface area contributed by atoms with Gasteiger partial charge in [0.05, 0.1) is 13.0 Å². The van der Waals surface area contributed by atoms with Gasteiger partial charge in [-0.3, -0.25) is 14.4 Å². The lowest BCUT2D eigenvalue weighted by molar-refractivity contribution is -0.141. The van der Waals surface area contributed by atoms with Crippen LogP contribution in [0.4, 0.5) is 5.69 Å². The second kappa shape index (κ2) is 8.28. The average Bonchev–Trinajstić information content (AvgIpc) is 2.96. The number of rotatable bonds is 6. The van der Waals surface area contributed by atoms with Crippen molar-refractivity contribution in [2.45, 2.75) is 19.3 Å². The fourth-order valence-electron chi connectivity index (χ4n) is 2.73. The van der Waals surface area contributed by atoms with E-state index in [0.29, 0.717) is 19.5 Å². The van der Waals surface area contributed by atoms with Gasteiger partial charge in [-0.15, -0.1) is 0 Å². The van der Waals surface area contributed by atoms with E-state index in [1.807, 2.05) is 24.3 Å². The first-order chi connectivity index (χ1) is 11.4. The van der Waals surface area contributed by atoms with Crippen molar-refractivity contribution in [2.24, 2.45) is 5.92 Å². The molecule has 1 heterocycles. The SMILES string of the molecule is COC(=O)CCCN(C)C(=O)C1CC(=O)N(c2ccc(Br)cc2)C1. The van der Waals surface area contributed by atoms with Gasteiger partial charge in [0.1, 0.15) is 0 Å². The molecule has 0 N–H and O–H groups in total. The molecule has 0 radical (unpaired) electrons. The van der Waals surface area contributed by atoms with Crippen LogP contribution >= 0.6 is 15.9 Å². The Hall–Kier alpha value is -1.89. The van der Waals surface area contributed by atoms with Crippen molar-refractivity contribution in [3.05, 3.63) is 28.7 Å². The standard InChI is InChI=1S/C17H21BrN2O4/c1-19(9-3-4-16(22)24-2)17(23)12-10-15(21)20(11-12)14-7-5-13(18)6-8-14/h5-8,12H,3-4,9-11H2,1-2H3.